The molecular weight excluding hydrogens is 300 g/mol. The lowest BCUT2D eigenvalue weighted by Gasteiger charge is -2.39. The Labute approximate surface area is 132 Å². The lowest BCUT2D eigenvalue weighted by atomic mass is 10.0. The van der Waals surface area contributed by atoms with E-state index in [9.17, 15) is 4.79 Å². The van der Waals surface area contributed by atoms with E-state index in [1.54, 1.807) is 6.20 Å². The smallest absolute Gasteiger partial charge is 0.321 e. The fourth-order valence-electron chi connectivity index (χ4n) is 2.24. The van der Waals surface area contributed by atoms with Gasteiger partial charge in [0.2, 0.25) is 0 Å². The van der Waals surface area contributed by atoms with Crippen molar-refractivity contribution in [2.24, 2.45) is 5.92 Å². The SMILES string of the molecule is Cc1ccc(N2CC(CNC(=O)Nc3ncc(C)s3)C2)nn1. The molecule has 0 bridgehead atoms. The topological polar surface area (TPSA) is 83.0 Å². The van der Waals surface area contributed by atoms with Crippen LogP contribution in [0.25, 0.3) is 0 Å². The molecule has 2 aromatic rings. The molecule has 3 heterocycles. The van der Waals surface area contributed by atoms with E-state index in [4.69, 9.17) is 0 Å². The summed E-state index contributed by atoms with van der Waals surface area (Å²) in [4.78, 5) is 19.1. The van der Waals surface area contributed by atoms with E-state index in [-0.39, 0.29) is 6.03 Å². The van der Waals surface area contributed by atoms with Crippen molar-refractivity contribution in [3.8, 4) is 0 Å². The first-order chi connectivity index (χ1) is 10.6. The van der Waals surface area contributed by atoms with Crippen LogP contribution in [-0.4, -0.2) is 40.8 Å². The van der Waals surface area contributed by atoms with Gasteiger partial charge in [0.05, 0.1) is 5.69 Å². The molecule has 22 heavy (non-hydrogen) atoms. The zero-order valence-corrected chi connectivity index (χ0v) is 13.4. The number of aryl methyl sites for hydroxylation is 2. The molecule has 2 aromatic heterocycles. The van der Waals surface area contributed by atoms with Crippen molar-refractivity contribution in [3.63, 3.8) is 0 Å². The molecule has 0 unspecified atom stereocenters. The fourth-order valence-corrected chi connectivity index (χ4v) is 2.90. The number of thiazole rings is 1. The third-order valence-corrected chi connectivity index (χ3v) is 4.29. The average molecular weight is 318 g/mol. The lowest BCUT2D eigenvalue weighted by Crippen LogP contribution is -2.52. The van der Waals surface area contributed by atoms with Crippen LogP contribution >= 0.6 is 11.3 Å². The first kappa shape index (κ1) is 14.7. The van der Waals surface area contributed by atoms with Gasteiger partial charge in [0, 0.05) is 36.6 Å². The summed E-state index contributed by atoms with van der Waals surface area (Å²) in [5.74, 6) is 1.33. The first-order valence-corrected chi connectivity index (χ1v) is 7.94. The second-order valence-corrected chi connectivity index (χ2v) is 6.65. The highest BCUT2D eigenvalue weighted by Crippen LogP contribution is 2.21. The highest BCUT2D eigenvalue weighted by Gasteiger charge is 2.28. The molecule has 1 aliphatic rings. The van der Waals surface area contributed by atoms with E-state index >= 15 is 0 Å². The summed E-state index contributed by atoms with van der Waals surface area (Å²) in [6.07, 6.45) is 1.74. The number of rotatable bonds is 4. The summed E-state index contributed by atoms with van der Waals surface area (Å²) in [5, 5.41) is 14.4. The molecule has 8 heteroatoms. The van der Waals surface area contributed by atoms with Gasteiger partial charge < -0.3 is 10.2 Å². The van der Waals surface area contributed by atoms with Crippen LogP contribution in [-0.2, 0) is 0 Å². The third kappa shape index (κ3) is 3.51. The second kappa shape index (κ2) is 6.27. The minimum Gasteiger partial charge on any atom is -0.354 e. The van der Waals surface area contributed by atoms with E-state index in [1.807, 2.05) is 26.0 Å². The van der Waals surface area contributed by atoms with Crippen molar-refractivity contribution in [2.45, 2.75) is 13.8 Å². The van der Waals surface area contributed by atoms with Gasteiger partial charge in [-0.2, -0.15) is 5.10 Å². The zero-order chi connectivity index (χ0) is 15.5. The fraction of sp³-hybridized carbons (Fsp3) is 0.429. The van der Waals surface area contributed by atoms with Crippen molar-refractivity contribution in [2.75, 3.05) is 29.9 Å². The molecule has 1 saturated heterocycles. The van der Waals surface area contributed by atoms with Gasteiger partial charge >= 0.3 is 6.03 Å². The van der Waals surface area contributed by atoms with E-state index in [1.165, 1.54) is 11.3 Å². The molecule has 0 spiro atoms. The number of carbonyl (C=O) groups is 1. The Kier molecular flexibility index (Phi) is 4.19. The molecule has 3 rings (SSSR count). The second-order valence-electron chi connectivity index (χ2n) is 5.42. The molecule has 0 saturated carbocycles. The van der Waals surface area contributed by atoms with Gasteiger partial charge in [0.15, 0.2) is 10.9 Å². The normalized spacial score (nSPS) is 14.5. The van der Waals surface area contributed by atoms with Crippen LogP contribution in [0, 0.1) is 19.8 Å². The molecule has 1 fully saturated rings. The molecular formula is C14H18N6OS. The lowest BCUT2D eigenvalue weighted by molar-refractivity contribution is 0.248. The molecule has 1 aliphatic heterocycles. The van der Waals surface area contributed by atoms with Crippen molar-refractivity contribution >= 4 is 28.3 Å². The predicted octanol–water partition coefficient (Wildman–Crippen LogP) is 1.81. The maximum absolute atomic E-state index is 11.8. The molecule has 7 nitrogen and oxygen atoms in total. The number of amides is 2. The van der Waals surface area contributed by atoms with Crippen molar-refractivity contribution in [1.29, 1.82) is 0 Å². The highest BCUT2D eigenvalue weighted by atomic mass is 32.1. The standard InChI is InChI=1S/C14H18N6OS/c1-9-3-4-12(19-18-9)20-7-11(8-20)6-15-13(21)17-14-16-5-10(2)22-14/h3-5,11H,6-8H2,1-2H3,(H2,15,16,17,21). The van der Waals surface area contributed by atoms with Gasteiger partial charge in [-0.05, 0) is 26.0 Å². The number of nitrogens with one attached hydrogen (secondary N) is 2. The van der Waals surface area contributed by atoms with Gasteiger partial charge in [0.25, 0.3) is 0 Å². The quantitative estimate of drug-likeness (QED) is 0.898. The van der Waals surface area contributed by atoms with Crippen LogP contribution in [0.4, 0.5) is 15.7 Å². The van der Waals surface area contributed by atoms with E-state index in [2.05, 4.69) is 30.7 Å². The number of anilines is 2. The van der Waals surface area contributed by atoms with Crippen LogP contribution in [0.15, 0.2) is 18.3 Å². The number of urea groups is 1. The van der Waals surface area contributed by atoms with E-state index < -0.39 is 0 Å². The summed E-state index contributed by atoms with van der Waals surface area (Å²) in [6.45, 7) is 6.29. The average Bonchev–Trinajstić information content (AvgIpc) is 2.84. The maximum atomic E-state index is 11.8. The van der Waals surface area contributed by atoms with Crippen molar-refractivity contribution in [3.05, 3.63) is 28.9 Å². The van der Waals surface area contributed by atoms with Gasteiger partial charge in [-0.25, -0.2) is 9.78 Å². The number of aromatic nitrogens is 3. The molecule has 0 aliphatic carbocycles. The largest absolute Gasteiger partial charge is 0.354 e. The van der Waals surface area contributed by atoms with Gasteiger partial charge in [-0.3, -0.25) is 5.32 Å². The third-order valence-electron chi connectivity index (χ3n) is 3.46. The first-order valence-electron chi connectivity index (χ1n) is 7.13. The van der Waals surface area contributed by atoms with Crippen molar-refractivity contribution < 1.29 is 4.79 Å². The monoisotopic (exact) mass is 318 g/mol. The highest BCUT2D eigenvalue weighted by molar-refractivity contribution is 7.15. The Hall–Kier alpha value is -2.22. The summed E-state index contributed by atoms with van der Waals surface area (Å²) in [6, 6.07) is 3.73. The van der Waals surface area contributed by atoms with Crippen LogP contribution in [0.3, 0.4) is 0 Å². The van der Waals surface area contributed by atoms with E-state index in [0.29, 0.717) is 17.6 Å². The number of nitrogens with zero attached hydrogens (tertiary/aromatic N) is 4. The maximum Gasteiger partial charge on any atom is 0.321 e. The Bertz CT molecular complexity index is 650. The van der Waals surface area contributed by atoms with Gasteiger partial charge in [-0.15, -0.1) is 16.4 Å². The van der Waals surface area contributed by atoms with Crippen LogP contribution < -0.4 is 15.5 Å². The summed E-state index contributed by atoms with van der Waals surface area (Å²) >= 11 is 1.46. The van der Waals surface area contributed by atoms with Crippen molar-refractivity contribution in [1.82, 2.24) is 20.5 Å². The minimum absolute atomic E-state index is 0.206. The van der Waals surface area contributed by atoms with Crippen LogP contribution in [0.5, 0.6) is 0 Å². The molecule has 2 N–H and O–H groups in total. The predicted molar refractivity (Wildman–Crippen MR) is 86.3 cm³/mol. The Morgan fingerprint density at radius 2 is 2.18 bits per heavy atom. The number of carbonyl (C=O) groups excluding carboxylic acids is 1. The Balaban J connectivity index is 1.39. The summed E-state index contributed by atoms with van der Waals surface area (Å²) in [5.41, 5.74) is 0.914. The summed E-state index contributed by atoms with van der Waals surface area (Å²) < 4.78 is 0. The zero-order valence-electron chi connectivity index (χ0n) is 12.5. The van der Waals surface area contributed by atoms with Gasteiger partial charge in [-0.1, -0.05) is 0 Å². The minimum atomic E-state index is -0.206. The number of hydrogen-bond acceptors (Lipinski definition) is 6. The molecule has 0 atom stereocenters. The van der Waals surface area contributed by atoms with E-state index in [0.717, 1.165) is 29.5 Å². The van der Waals surface area contributed by atoms with Gasteiger partial charge in [0.1, 0.15) is 0 Å². The van der Waals surface area contributed by atoms with Crippen LogP contribution in [0.1, 0.15) is 10.6 Å². The molecule has 0 radical (unpaired) electrons. The molecule has 116 valence electrons. The summed E-state index contributed by atoms with van der Waals surface area (Å²) in [7, 11) is 0. The molecule has 2 amide bonds. The number of hydrogen-bond donors (Lipinski definition) is 2. The van der Waals surface area contributed by atoms with Crippen LogP contribution in [0.2, 0.25) is 0 Å². The Morgan fingerprint density at radius 1 is 1.36 bits per heavy atom. The molecule has 0 aromatic carbocycles. The Morgan fingerprint density at radius 3 is 2.82 bits per heavy atom.